The number of rotatable bonds is 1. The Balaban J connectivity index is 1.97. The van der Waals surface area contributed by atoms with Gasteiger partial charge in [0.15, 0.2) is 17.5 Å². The molecule has 0 bridgehead atoms. The second kappa shape index (κ2) is 5.20. The van der Waals surface area contributed by atoms with Crippen molar-refractivity contribution in [3.63, 3.8) is 0 Å². The zero-order valence-corrected chi connectivity index (χ0v) is 11.7. The third-order valence-electron chi connectivity index (χ3n) is 3.17. The first-order valence-electron chi connectivity index (χ1n) is 6.32. The highest BCUT2D eigenvalue weighted by molar-refractivity contribution is 6.32. The molecule has 0 radical (unpaired) electrons. The van der Waals surface area contributed by atoms with Crippen LogP contribution in [0.2, 0.25) is 5.02 Å². The minimum atomic E-state index is -0.525. The Labute approximate surface area is 121 Å². The summed E-state index contributed by atoms with van der Waals surface area (Å²) < 4.78 is 11.2. The van der Waals surface area contributed by atoms with Crippen molar-refractivity contribution in [1.29, 1.82) is 0 Å². The fourth-order valence-corrected chi connectivity index (χ4v) is 2.47. The Morgan fingerprint density at radius 1 is 1.35 bits per heavy atom. The van der Waals surface area contributed by atoms with Gasteiger partial charge in [-0.1, -0.05) is 11.6 Å². The first-order valence-corrected chi connectivity index (χ1v) is 6.70. The van der Waals surface area contributed by atoms with Crippen LogP contribution in [0.3, 0.4) is 0 Å². The molecular formula is C13H14ClN3O3. The van der Waals surface area contributed by atoms with Crippen LogP contribution in [0.25, 0.3) is 0 Å². The average molecular weight is 296 g/mol. The van der Waals surface area contributed by atoms with Crippen molar-refractivity contribution >= 4 is 23.5 Å². The Bertz CT molecular complexity index is 588. The first kappa shape index (κ1) is 13.1. The molecule has 1 aromatic rings. The molecule has 2 N–H and O–H groups in total. The number of nitrogens with one attached hydrogen (secondary N) is 2. The van der Waals surface area contributed by atoms with E-state index in [4.69, 9.17) is 21.1 Å². The van der Waals surface area contributed by atoms with E-state index in [1.807, 2.05) is 0 Å². The Kier molecular flexibility index (Phi) is 3.40. The lowest BCUT2D eigenvalue weighted by Gasteiger charge is -2.14. The minimum Gasteiger partial charge on any atom is -0.489 e. The van der Waals surface area contributed by atoms with Crippen LogP contribution in [-0.2, 0) is 4.79 Å². The number of carbonyl (C=O) groups excluding carboxylic acids is 1. The molecular weight excluding hydrogens is 282 g/mol. The topological polar surface area (TPSA) is 72.0 Å². The van der Waals surface area contributed by atoms with E-state index in [9.17, 15) is 4.79 Å². The van der Waals surface area contributed by atoms with Crippen molar-refractivity contribution in [3.8, 4) is 11.5 Å². The van der Waals surface area contributed by atoms with Gasteiger partial charge in [-0.2, -0.15) is 0 Å². The van der Waals surface area contributed by atoms with E-state index >= 15 is 0 Å². The molecule has 1 fully saturated rings. The van der Waals surface area contributed by atoms with Gasteiger partial charge >= 0.3 is 0 Å². The van der Waals surface area contributed by atoms with E-state index in [0.29, 0.717) is 35.7 Å². The fourth-order valence-electron chi connectivity index (χ4n) is 2.20. The molecule has 0 saturated carbocycles. The van der Waals surface area contributed by atoms with E-state index in [1.165, 1.54) is 0 Å². The van der Waals surface area contributed by atoms with Gasteiger partial charge in [-0.15, -0.1) is 0 Å². The van der Waals surface area contributed by atoms with Crippen LogP contribution in [0.15, 0.2) is 17.1 Å². The highest BCUT2D eigenvalue weighted by atomic mass is 35.5. The number of halogens is 1. The van der Waals surface area contributed by atoms with Gasteiger partial charge < -0.3 is 14.8 Å². The summed E-state index contributed by atoms with van der Waals surface area (Å²) in [7, 11) is 1.60. The highest BCUT2D eigenvalue weighted by Gasteiger charge is 2.31. The SMILES string of the molecule is CN=C1NC(=O)C(c2cc(Cl)c3c(c2)OCCCO3)N1. The van der Waals surface area contributed by atoms with Gasteiger partial charge in [-0.05, 0) is 17.7 Å². The number of carbonyl (C=O) groups is 1. The molecule has 20 heavy (non-hydrogen) atoms. The highest BCUT2D eigenvalue weighted by Crippen LogP contribution is 2.39. The minimum absolute atomic E-state index is 0.170. The number of benzene rings is 1. The quantitative estimate of drug-likeness (QED) is 0.818. The van der Waals surface area contributed by atoms with E-state index in [2.05, 4.69) is 15.6 Å². The van der Waals surface area contributed by atoms with E-state index in [1.54, 1.807) is 19.2 Å². The number of aliphatic imine (C=N–C) groups is 1. The van der Waals surface area contributed by atoms with Crippen LogP contribution in [0.1, 0.15) is 18.0 Å². The molecule has 2 heterocycles. The monoisotopic (exact) mass is 295 g/mol. The molecule has 1 amide bonds. The molecule has 1 atom stereocenters. The number of hydrogen-bond acceptors (Lipinski definition) is 4. The summed E-state index contributed by atoms with van der Waals surface area (Å²) in [4.78, 5) is 15.8. The maximum absolute atomic E-state index is 11.9. The van der Waals surface area contributed by atoms with Crippen molar-refractivity contribution in [1.82, 2.24) is 10.6 Å². The Hall–Kier alpha value is -1.95. The number of hydrogen-bond donors (Lipinski definition) is 2. The smallest absolute Gasteiger partial charge is 0.253 e. The molecule has 2 aliphatic rings. The van der Waals surface area contributed by atoms with Crippen molar-refractivity contribution in [2.75, 3.05) is 20.3 Å². The van der Waals surface area contributed by atoms with Crippen LogP contribution < -0.4 is 20.1 Å². The molecule has 1 unspecified atom stereocenters. The van der Waals surface area contributed by atoms with Gasteiger partial charge in [0.2, 0.25) is 0 Å². The van der Waals surface area contributed by atoms with Crippen LogP contribution in [-0.4, -0.2) is 32.1 Å². The maximum Gasteiger partial charge on any atom is 0.253 e. The predicted octanol–water partition coefficient (Wildman–Crippen LogP) is 1.25. The van der Waals surface area contributed by atoms with Crippen molar-refractivity contribution in [2.45, 2.75) is 12.5 Å². The zero-order chi connectivity index (χ0) is 14.1. The molecule has 0 aliphatic carbocycles. The Morgan fingerprint density at radius 3 is 2.90 bits per heavy atom. The average Bonchev–Trinajstić information content (AvgIpc) is 2.66. The number of fused-ring (bicyclic) bond motifs is 1. The standard InChI is InChI=1S/C13H14ClN3O3/c1-15-13-16-10(12(18)17-13)7-5-8(14)11-9(6-7)19-3-2-4-20-11/h5-6,10H,2-4H2,1H3,(H2,15,16,17,18). The Morgan fingerprint density at radius 2 is 2.15 bits per heavy atom. The lowest BCUT2D eigenvalue weighted by atomic mass is 10.1. The normalized spacial score (nSPS) is 23.2. The zero-order valence-electron chi connectivity index (χ0n) is 10.9. The molecule has 1 saturated heterocycles. The number of amides is 1. The van der Waals surface area contributed by atoms with Gasteiger partial charge in [0.1, 0.15) is 6.04 Å². The summed E-state index contributed by atoms with van der Waals surface area (Å²) in [6.45, 7) is 1.14. The molecule has 1 aromatic carbocycles. The van der Waals surface area contributed by atoms with Gasteiger partial charge in [0.05, 0.1) is 18.2 Å². The molecule has 7 heteroatoms. The van der Waals surface area contributed by atoms with Gasteiger partial charge in [-0.3, -0.25) is 15.1 Å². The maximum atomic E-state index is 11.9. The predicted molar refractivity (Wildman–Crippen MR) is 74.4 cm³/mol. The van der Waals surface area contributed by atoms with Gasteiger partial charge in [0.25, 0.3) is 5.91 Å². The van der Waals surface area contributed by atoms with Crippen LogP contribution in [0.5, 0.6) is 11.5 Å². The lowest BCUT2D eigenvalue weighted by Crippen LogP contribution is -2.24. The summed E-state index contributed by atoms with van der Waals surface area (Å²) in [5.41, 5.74) is 0.718. The molecule has 0 spiro atoms. The largest absolute Gasteiger partial charge is 0.489 e. The summed E-state index contributed by atoms with van der Waals surface area (Å²) in [6.07, 6.45) is 0.801. The third kappa shape index (κ3) is 2.27. The summed E-state index contributed by atoms with van der Waals surface area (Å²) >= 11 is 6.22. The third-order valence-corrected chi connectivity index (χ3v) is 3.45. The summed E-state index contributed by atoms with van der Waals surface area (Å²) in [5, 5.41) is 6.08. The second-order valence-corrected chi connectivity index (χ2v) is 4.93. The number of guanidine groups is 1. The summed E-state index contributed by atoms with van der Waals surface area (Å²) in [5.74, 6) is 1.39. The van der Waals surface area contributed by atoms with Crippen LogP contribution >= 0.6 is 11.6 Å². The fraction of sp³-hybridized carbons (Fsp3) is 0.385. The second-order valence-electron chi connectivity index (χ2n) is 4.52. The van der Waals surface area contributed by atoms with Crippen molar-refractivity contribution < 1.29 is 14.3 Å². The van der Waals surface area contributed by atoms with Crippen molar-refractivity contribution in [2.24, 2.45) is 4.99 Å². The van der Waals surface area contributed by atoms with E-state index in [0.717, 1.165) is 12.0 Å². The molecule has 6 nitrogen and oxygen atoms in total. The van der Waals surface area contributed by atoms with Crippen LogP contribution in [0, 0.1) is 0 Å². The van der Waals surface area contributed by atoms with Gasteiger partial charge in [0, 0.05) is 13.5 Å². The number of ether oxygens (including phenoxy) is 2. The molecule has 106 valence electrons. The lowest BCUT2D eigenvalue weighted by molar-refractivity contribution is -0.120. The van der Waals surface area contributed by atoms with E-state index in [-0.39, 0.29) is 5.91 Å². The van der Waals surface area contributed by atoms with Gasteiger partial charge in [-0.25, -0.2) is 0 Å². The summed E-state index contributed by atoms with van der Waals surface area (Å²) in [6, 6.07) is 2.97. The van der Waals surface area contributed by atoms with Crippen LogP contribution in [0.4, 0.5) is 0 Å². The number of nitrogens with zero attached hydrogens (tertiary/aromatic N) is 1. The first-order chi connectivity index (χ1) is 9.69. The van der Waals surface area contributed by atoms with E-state index < -0.39 is 6.04 Å². The molecule has 3 rings (SSSR count). The molecule has 0 aromatic heterocycles. The molecule has 2 aliphatic heterocycles. The van der Waals surface area contributed by atoms with Crippen molar-refractivity contribution in [3.05, 3.63) is 22.7 Å².